The second-order valence-electron chi connectivity index (χ2n) is 0.283. The van der Waals surface area contributed by atoms with Crippen LogP contribution in [-0.4, -0.2) is 45.0 Å². The van der Waals surface area contributed by atoms with Gasteiger partial charge in [0.05, 0.1) is 0 Å². The molecular formula is CH3NaO2S. The molecule has 2 nitrogen and oxygen atoms in total. The van der Waals surface area contributed by atoms with Gasteiger partial charge in [-0.1, -0.05) is 0 Å². The minimum absolute atomic E-state index is 0. The molecule has 5 heavy (non-hydrogen) atoms. The zero-order valence-electron chi connectivity index (χ0n) is 1.80. The van der Waals surface area contributed by atoms with E-state index < -0.39 is 5.24 Å². The molecule has 0 aromatic rings. The Bertz CT molecular complexity index is 32.6. The van der Waals surface area contributed by atoms with Crippen molar-refractivity contribution in [2.45, 2.75) is 0 Å². The first-order valence-corrected chi connectivity index (χ1v) is 1.06. The molecule has 0 rings (SSSR count). The predicted octanol–water partition coefficient (Wildman–Crippen LogP) is -0.261. The van der Waals surface area contributed by atoms with Crippen LogP contribution in [0, 0.1) is 0 Å². The van der Waals surface area contributed by atoms with E-state index in [1.54, 1.807) is 0 Å². The van der Waals surface area contributed by atoms with Crippen molar-refractivity contribution in [1.82, 2.24) is 0 Å². The van der Waals surface area contributed by atoms with Gasteiger partial charge in [-0.05, 0) is 0 Å². The van der Waals surface area contributed by atoms with Crippen molar-refractivity contribution in [3.63, 3.8) is 0 Å². The molecule has 0 heterocycles. The molecular weight excluding hydrogens is 99.1 g/mol. The summed E-state index contributed by atoms with van der Waals surface area (Å²) in [5, 5.41) is 13.7. The van der Waals surface area contributed by atoms with Gasteiger partial charge in [0.15, 0.2) is 0 Å². The minimum atomic E-state index is -1.000. The second-order valence-corrected chi connectivity index (χ2v) is 0.648. The fourth-order valence-electron chi connectivity index (χ4n) is 0. The van der Waals surface area contributed by atoms with Gasteiger partial charge in [0, 0.05) is 12.2 Å². The average Bonchev–Trinajstić information content (AvgIpc) is 0.811. The number of rotatable bonds is 0. The molecule has 2 N–H and O–H groups in total. The van der Waals surface area contributed by atoms with Gasteiger partial charge in [0.1, 0.15) is 0 Å². The summed E-state index contributed by atoms with van der Waals surface area (Å²) < 4.78 is 0. The summed E-state index contributed by atoms with van der Waals surface area (Å²) in [5.74, 6) is 0. The van der Waals surface area contributed by atoms with Crippen LogP contribution >= 0.6 is 12.2 Å². The molecule has 0 spiro atoms. The molecule has 26 valence electrons. The van der Waals surface area contributed by atoms with E-state index in [1.807, 2.05) is 0 Å². The maximum atomic E-state index is 7.34. The fraction of sp³-hybridized carbons (Fsp3) is 0. The van der Waals surface area contributed by atoms with Crippen molar-refractivity contribution >= 4 is 47.0 Å². The average molecular weight is 102 g/mol. The SMILES string of the molecule is OC(O)=S.[NaH]. The second kappa shape index (κ2) is 4.69. The van der Waals surface area contributed by atoms with Crippen LogP contribution < -0.4 is 0 Å². The standard InChI is InChI=1S/CH2O2S.Na.H/c2-1(3)4;;/h(H2,2,3,4);;. The third-order valence-corrected chi connectivity index (χ3v) is 0. The summed E-state index contributed by atoms with van der Waals surface area (Å²) >= 11 is 3.65. The zero-order valence-corrected chi connectivity index (χ0v) is 2.62. The number of thiocarbonyl (C=S) groups is 1. The summed E-state index contributed by atoms with van der Waals surface area (Å²) in [6.07, 6.45) is 0. The Kier molecular flexibility index (Phi) is 8.62. The van der Waals surface area contributed by atoms with Crippen LogP contribution in [-0.2, 0) is 0 Å². The zero-order chi connectivity index (χ0) is 3.58. The Morgan fingerprint density at radius 2 is 1.40 bits per heavy atom. The Morgan fingerprint density at radius 3 is 1.40 bits per heavy atom. The van der Waals surface area contributed by atoms with Crippen LogP contribution in [0.3, 0.4) is 0 Å². The van der Waals surface area contributed by atoms with Gasteiger partial charge in [-0.15, -0.1) is 0 Å². The molecule has 4 heteroatoms. The van der Waals surface area contributed by atoms with E-state index in [0.717, 1.165) is 0 Å². The molecule has 0 bridgehead atoms. The van der Waals surface area contributed by atoms with E-state index in [-0.39, 0.29) is 29.6 Å². The first-order chi connectivity index (χ1) is 1.73. The normalized spacial score (nSPS) is 4.80. The van der Waals surface area contributed by atoms with Crippen LogP contribution in [0.5, 0.6) is 0 Å². The van der Waals surface area contributed by atoms with E-state index in [1.165, 1.54) is 0 Å². The van der Waals surface area contributed by atoms with Crippen LogP contribution in [0.15, 0.2) is 0 Å². The summed E-state index contributed by atoms with van der Waals surface area (Å²) in [7, 11) is 0. The van der Waals surface area contributed by atoms with Gasteiger partial charge in [0.2, 0.25) is 0 Å². The monoisotopic (exact) mass is 102 g/mol. The van der Waals surface area contributed by atoms with Gasteiger partial charge in [-0.25, -0.2) is 0 Å². The Morgan fingerprint density at radius 1 is 1.40 bits per heavy atom. The van der Waals surface area contributed by atoms with E-state index in [0.29, 0.717) is 0 Å². The van der Waals surface area contributed by atoms with Crippen molar-refractivity contribution in [2.75, 3.05) is 0 Å². The molecule has 0 aliphatic heterocycles. The van der Waals surface area contributed by atoms with Gasteiger partial charge >= 0.3 is 34.8 Å². The number of hydrogen-bond donors (Lipinski definition) is 2. The summed E-state index contributed by atoms with van der Waals surface area (Å²) in [5.41, 5.74) is 0. The molecule has 0 aliphatic carbocycles. The molecule has 0 saturated carbocycles. The summed E-state index contributed by atoms with van der Waals surface area (Å²) in [6.45, 7) is 0. The molecule has 0 unspecified atom stereocenters. The first kappa shape index (κ1) is 9.19. The van der Waals surface area contributed by atoms with E-state index in [2.05, 4.69) is 12.2 Å². The first-order valence-electron chi connectivity index (χ1n) is 0.651. The number of aliphatic hydroxyl groups is 2. The van der Waals surface area contributed by atoms with Crippen LogP contribution in [0.25, 0.3) is 0 Å². The van der Waals surface area contributed by atoms with Crippen molar-refractivity contribution < 1.29 is 10.2 Å². The topological polar surface area (TPSA) is 40.5 Å². The molecule has 0 saturated heterocycles. The maximum absolute atomic E-state index is 7.34. The number of hydrogen-bond acceptors (Lipinski definition) is 1. The Balaban J connectivity index is 0. The number of aliphatic hydroxyl groups excluding tert-OH is 1. The molecule has 0 atom stereocenters. The van der Waals surface area contributed by atoms with E-state index in [4.69, 9.17) is 10.2 Å². The van der Waals surface area contributed by atoms with Crippen LogP contribution in [0.2, 0.25) is 0 Å². The quantitative estimate of drug-likeness (QED) is 0.327. The van der Waals surface area contributed by atoms with Gasteiger partial charge in [-0.3, -0.25) is 0 Å². The van der Waals surface area contributed by atoms with Crippen molar-refractivity contribution in [2.24, 2.45) is 0 Å². The molecule has 0 fully saturated rings. The Hall–Kier alpha value is 0.690. The van der Waals surface area contributed by atoms with Gasteiger partial charge in [0.25, 0.3) is 0 Å². The summed E-state index contributed by atoms with van der Waals surface area (Å²) in [6, 6.07) is 0. The van der Waals surface area contributed by atoms with E-state index >= 15 is 0 Å². The van der Waals surface area contributed by atoms with Crippen molar-refractivity contribution in [1.29, 1.82) is 0 Å². The fourth-order valence-corrected chi connectivity index (χ4v) is 0. The van der Waals surface area contributed by atoms with Gasteiger partial charge < -0.3 is 10.2 Å². The third-order valence-electron chi connectivity index (χ3n) is 0. The molecule has 0 amide bonds. The van der Waals surface area contributed by atoms with Crippen molar-refractivity contribution in [3.05, 3.63) is 0 Å². The molecule has 0 radical (unpaired) electrons. The van der Waals surface area contributed by atoms with Crippen LogP contribution in [0.4, 0.5) is 0 Å². The van der Waals surface area contributed by atoms with E-state index in [9.17, 15) is 0 Å². The summed E-state index contributed by atoms with van der Waals surface area (Å²) in [4.78, 5) is 0. The Labute approximate surface area is 57.1 Å². The third kappa shape index (κ3) is 71.3. The van der Waals surface area contributed by atoms with Gasteiger partial charge in [-0.2, -0.15) is 0 Å². The molecule has 0 aromatic heterocycles. The molecule has 0 aliphatic rings. The predicted molar refractivity (Wildman–Crippen MR) is 25.0 cm³/mol. The molecule has 0 aromatic carbocycles. The van der Waals surface area contributed by atoms with Crippen LogP contribution in [0.1, 0.15) is 0 Å². The van der Waals surface area contributed by atoms with Crippen molar-refractivity contribution in [3.8, 4) is 0 Å².